The maximum absolute atomic E-state index is 12.3. The van der Waals surface area contributed by atoms with Crippen LogP contribution in [0.5, 0.6) is 0 Å². The van der Waals surface area contributed by atoms with E-state index >= 15 is 0 Å². The number of aliphatic hydroxyl groups is 2. The van der Waals surface area contributed by atoms with Crippen molar-refractivity contribution in [2.75, 3.05) is 0 Å². The molecule has 1 saturated heterocycles. The van der Waals surface area contributed by atoms with Gasteiger partial charge >= 0.3 is 11.9 Å². The van der Waals surface area contributed by atoms with Gasteiger partial charge in [0.1, 0.15) is 12.5 Å². The average molecular weight is 563 g/mol. The zero-order valence-electron chi connectivity index (χ0n) is 26.1. The first-order chi connectivity index (χ1) is 18.3. The third-order valence-corrected chi connectivity index (χ3v) is 14.2. The summed E-state index contributed by atoms with van der Waals surface area (Å²) in [6.07, 6.45) is 7.02. The lowest BCUT2D eigenvalue weighted by atomic mass is 9.32. The lowest BCUT2D eigenvalue weighted by Gasteiger charge is -2.72. The Labute approximate surface area is 240 Å². The number of hydrogen-bond acceptors (Lipinski definition) is 6. The van der Waals surface area contributed by atoms with Crippen LogP contribution < -0.4 is 0 Å². The molecule has 7 nitrogen and oxygen atoms in total. The molecule has 0 bridgehead atoms. The van der Waals surface area contributed by atoms with E-state index in [4.69, 9.17) is 14.6 Å². The van der Waals surface area contributed by atoms with Gasteiger partial charge in [-0.25, -0.2) is 0 Å². The van der Waals surface area contributed by atoms with Gasteiger partial charge in [-0.3, -0.25) is 9.59 Å². The molecule has 11 atom stereocenters. The lowest BCUT2D eigenvalue weighted by molar-refractivity contribution is -0.273. The van der Waals surface area contributed by atoms with E-state index in [0.717, 1.165) is 57.8 Å². The van der Waals surface area contributed by atoms with Gasteiger partial charge in [0.15, 0.2) is 0 Å². The summed E-state index contributed by atoms with van der Waals surface area (Å²) >= 11 is 0. The second kappa shape index (κ2) is 9.41. The number of ether oxygens (including phenoxy) is 2. The summed E-state index contributed by atoms with van der Waals surface area (Å²) in [5, 5.41) is 31.9. The number of aliphatic carboxylic acids is 1. The Kier molecular flexibility index (Phi) is 7.12. The van der Waals surface area contributed by atoms with E-state index in [2.05, 4.69) is 41.5 Å². The summed E-state index contributed by atoms with van der Waals surface area (Å²) in [7, 11) is 0. The molecule has 0 unspecified atom stereocenters. The summed E-state index contributed by atoms with van der Waals surface area (Å²) in [6, 6.07) is 0. The molecular formula is C33H54O7. The second-order valence-corrected chi connectivity index (χ2v) is 16.4. The van der Waals surface area contributed by atoms with Crippen molar-refractivity contribution in [2.45, 2.75) is 150 Å². The Hall–Kier alpha value is -1.18. The first kappa shape index (κ1) is 30.3. The highest BCUT2D eigenvalue weighted by molar-refractivity contribution is 5.90. The molecular weight excluding hydrogens is 508 g/mol. The van der Waals surface area contributed by atoms with Gasteiger partial charge in [-0.1, -0.05) is 41.5 Å². The number of carbonyl (C=O) groups is 2. The molecule has 3 N–H and O–H groups in total. The smallest absolute Gasteiger partial charge is 0.317 e. The van der Waals surface area contributed by atoms with Crippen LogP contribution in [0.25, 0.3) is 0 Å². The van der Waals surface area contributed by atoms with Gasteiger partial charge in [0.25, 0.3) is 0 Å². The Balaban J connectivity index is 1.43. The van der Waals surface area contributed by atoms with Gasteiger partial charge in [0.2, 0.25) is 0 Å². The minimum absolute atomic E-state index is 0.00845. The largest absolute Gasteiger partial charge is 0.481 e. The molecule has 40 heavy (non-hydrogen) atoms. The molecule has 1 aliphatic heterocycles. The fraction of sp³-hybridized carbons (Fsp3) is 0.939. The van der Waals surface area contributed by atoms with Crippen LogP contribution in [-0.2, 0) is 19.1 Å². The predicted octanol–water partition coefficient (Wildman–Crippen LogP) is 5.74. The number of aliphatic hydroxyl groups excluding tert-OH is 1. The van der Waals surface area contributed by atoms with Crippen molar-refractivity contribution in [3.63, 3.8) is 0 Å². The molecule has 0 aromatic rings. The highest BCUT2D eigenvalue weighted by Crippen LogP contribution is 2.79. The maximum Gasteiger partial charge on any atom is 0.317 e. The van der Waals surface area contributed by atoms with E-state index in [1.54, 1.807) is 0 Å². The Morgan fingerprint density at radius 3 is 2.20 bits per heavy atom. The Morgan fingerprint density at radius 1 is 0.925 bits per heavy atom. The summed E-state index contributed by atoms with van der Waals surface area (Å²) in [6.45, 7) is 17.8. The minimum atomic E-state index is -1.15. The van der Waals surface area contributed by atoms with E-state index in [1.165, 1.54) is 0 Å². The van der Waals surface area contributed by atoms with Crippen LogP contribution in [0.4, 0.5) is 0 Å². The monoisotopic (exact) mass is 562 g/mol. The molecule has 1 heterocycles. The first-order valence-electron chi connectivity index (χ1n) is 15.8. The third kappa shape index (κ3) is 4.06. The van der Waals surface area contributed by atoms with E-state index < -0.39 is 30.1 Å². The van der Waals surface area contributed by atoms with Crippen LogP contribution in [-0.4, -0.2) is 57.3 Å². The topological polar surface area (TPSA) is 113 Å². The first-order valence-corrected chi connectivity index (χ1v) is 15.8. The Bertz CT molecular complexity index is 1030. The van der Waals surface area contributed by atoms with E-state index in [9.17, 15) is 19.8 Å². The fourth-order valence-corrected chi connectivity index (χ4v) is 11.7. The molecule has 0 spiro atoms. The van der Waals surface area contributed by atoms with Gasteiger partial charge < -0.3 is 24.8 Å². The minimum Gasteiger partial charge on any atom is -0.481 e. The molecule has 5 aliphatic rings. The number of carbonyl (C=O) groups excluding carboxylic acids is 1. The van der Waals surface area contributed by atoms with Crippen LogP contribution in [0.2, 0.25) is 0 Å². The number of hydrogen-bond donors (Lipinski definition) is 3. The molecule has 4 aliphatic carbocycles. The van der Waals surface area contributed by atoms with Gasteiger partial charge in [0, 0.05) is 10.8 Å². The zero-order chi connectivity index (χ0) is 29.7. The van der Waals surface area contributed by atoms with Crippen LogP contribution >= 0.6 is 0 Å². The van der Waals surface area contributed by atoms with Crippen molar-refractivity contribution in [1.82, 2.24) is 0 Å². The van der Waals surface area contributed by atoms with E-state index in [0.29, 0.717) is 11.8 Å². The van der Waals surface area contributed by atoms with E-state index in [-0.39, 0.29) is 51.3 Å². The summed E-state index contributed by atoms with van der Waals surface area (Å²) in [5.74, 6) is -0.877. The van der Waals surface area contributed by atoms with Crippen molar-refractivity contribution in [2.24, 2.45) is 44.8 Å². The van der Waals surface area contributed by atoms with Crippen LogP contribution in [0.3, 0.4) is 0 Å². The SMILES string of the molecule is CC(C)(O)[C@H]1CC[C@@H]([C@@H]2CC[C@]3(C)[C@@]2(C)[C@H](O)C[C@@H]2[C@@]4(C)CC[C@@H](OC(=O)CC(=O)O)C(C)(C)[C@@H]4CC[C@]23C)O1. The highest BCUT2D eigenvalue weighted by Gasteiger charge is 2.75. The molecule has 228 valence electrons. The van der Waals surface area contributed by atoms with Crippen molar-refractivity contribution in [3.8, 4) is 0 Å². The van der Waals surface area contributed by atoms with Crippen LogP contribution in [0.1, 0.15) is 120 Å². The van der Waals surface area contributed by atoms with E-state index in [1.807, 2.05) is 13.8 Å². The van der Waals surface area contributed by atoms with Crippen molar-refractivity contribution in [1.29, 1.82) is 0 Å². The summed E-state index contributed by atoms with van der Waals surface area (Å²) < 4.78 is 12.3. The standard InChI is InChI=1S/C33H54O7/c1-28(2)21-12-15-31(6)22(30(21,5)14-13-24(28)40-27(37)18-26(35)36)17-23(34)33(8)19(11-16-32(31,33)7)20-9-10-25(39-20)29(3,4)38/h19-25,34,38H,9-18H2,1-8H3,(H,35,36)/t19-,20-,21-,22+,23+,24+,25+,30-,31+,32-,33+/m0/s1. The van der Waals surface area contributed by atoms with Crippen molar-refractivity contribution >= 4 is 11.9 Å². The molecule has 0 aromatic carbocycles. The second-order valence-electron chi connectivity index (χ2n) is 16.4. The molecule has 0 aromatic heterocycles. The molecule has 4 saturated carbocycles. The third-order valence-electron chi connectivity index (χ3n) is 14.2. The van der Waals surface area contributed by atoms with Gasteiger partial charge in [0.05, 0.1) is 23.9 Å². The lowest BCUT2D eigenvalue weighted by Crippen LogP contribution is -2.69. The number of carboxylic acid groups (broad SMARTS) is 1. The maximum atomic E-state index is 12.3. The van der Waals surface area contributed by atoms with Gasteiger partial charge in [-0.15, -0.1) is 0 Å². The van der Waals surface area contributed by atoms with Crippen LogP contribution in [0.15, 0.2) is 0 Å². The average Bonchev–Trinajstić information content (AvgIpc) is 3.42. The number of esters is 1. The zero-order valence-corrected chi connectivity index (χ0v) is 26.1. The van der Waals surface area contributed by atoms with Crippen LogP contribution in [0, 0.1) is 44.8 Å². The summed E-state index contributed by atoms with van der Waals surface area (Å²) in [5.41, 5.74) is -1.41. The number of rotatable bonds is 5. The molecule has 5 fully saturated rings. The molecule has 0 radical (unpaired) electrons. The summed E-state index contributed by atoms with van der Waals surface area (Å²) in [4.78, 5) is 23.4. The van der Waals surface area contributed by atoms with Gasteiger partial charge in [-0.05, 0) is 106 Å². The predicted molar refractivity (Wildman–Crippen MR) is 151 cm³/mol. The van der Waals surface area contributed by atoms with Crippen molar-refractivity contribution < 1.29 is 34.4 Å². The molecule has 5 rings (SSSR count). The molecule has 0 amide bonds. The highest BCUT2D eigenvalue weighted by atomic mass is 16.5. The molecule has 7 heteroatoms. The Morgan fingerprint density at radius 2 is 1.60 bits per heavy atom. The van der Waals surface area contributed by atoms with Crippen molar-refractivity contribution in [3.05, 3.63) is 0 Å². The normalized spacial score (nSPS) is 50.0. The number of carboxylic acids is 1. The quantitative estimate of drug-likeness (QED) is 0.289. The van der Waals surface area contributed by atoms with Gasteiger partial charge in [-0.2, -0.15) is 0 Å². The fourth-order valence-electron chi connectivity index (χ4n) is 11.7. The number of fused-ring (bicyclic) bond motifs is 5.